The molecule has 0 fully saturated rings. The van der Waals surface area contributed by atoms with E-state index in [9.17, 15) is 9.18 Å². The number of fused-ring (bicyclic) bond motifs is 1. The van der Waals surface area contributed by atoms with E-state index < -0.39 is 0 Å². The number of carbonyl (C=O) groups is 1. The lowest BCUT2D eigenvalue weighted by atomic mass is 10.2. The quantitative estimate of drug-likeness (QED) is 0.560. The molecule has 3 rings (SSSR count). The molecule has 0 aliphatic rings. The van der Waals surface area contributed by atoms with Gasteiger partial charge in [0, 0.05) is 24.7 Å². The number of halogens is 1. The van der Waals surface area contributed by atoms with Crippen molar-refractivity contribution in [2.45, 2.75) is 46.2 Å². The molecule has 1 aromatic heterocycles. The zero-order valence-electron chi connectivity index (χ0n) is 16.0. The number of unbranched alkanes of at least 4 members (excludes halogenated alkanes) is 1. The lowest BCUT2D eigenvalue weighted by Crippen LogP contribution is -2.32. The van der Waals surface area contributed by atoms with Crippen LogP contribution in [0, 0.1) is 5.82 Å². The molecule has 0 atom stereocenters. The largest absolute Gasteiger partial charge is 0.331 e. The minimum Gasteiger partial charge on any atom is -0.331 e. The van der Waals surface area contributed by atoms with E-state index in [2.05, 4.69) is 23.4 Å². The van der Waals surface area contributed by atoms with Gasteiger partial charge in [-0.15, -0.1) is 0 Å². The molecule has 0 N–H and O–H groups in total. The Kier molecular flexibility index (Phi) is 6.22. The lowest BCUT2D eigenvalue weighted by Gasteiger charge is -2.23. The van der Waals surface area contributed by atoms with Crippen LogP contribution in [0.3, 0.4) is 0 Å². The van der Waals surface area contributed by atoms with E-state index in [1.165, 1.54) is 12.1 Å². The van der Waals surface area contributed by atoms with Crippen molar-refractivity contribution in [3.8, 4) is 0 Å². The normalized spacial score (nSPS) is 11.1. The number of hydrogen-bond donors (Lipinski definition) is 0. The third-order valence-electron chi connectivity index (χ3n) is 4.66. The fraction of sp³-hybridized carbons (Fsp3) is 0.364. The van der Waals surface area contributed by atoms with Gasteiger partial charge in [-0.2, -0.15) is 0 Å². The van der Waals surface area contributed by atoms with Gasteiger partial charge in [0.2, 0.25) is 0 Å². The van der Waals surface area contributed by atoms with Crippen LogP contribution in [0.5, 0.6) is 0 Å². The summed E-state index contributed by atoms with van der Waals surface area (Å²) in [6.45, 7) is 6.10. The molecule has 5 heteroatoms. The van der Waals surface area contributed by atoms with Crippen LogP contribution in [0.4, 0.5) is 4.39 Å². The fourth-order valence-corrected chi connectivity index (χ4v) is 3.28. The number of imidazole rings is 1. The van der Waals surface area contributed by atoms with Gasteiger partial charge in [0.25, 0.3) is 5.91 Å². The van der Waals surface area contributed by atoms with Crippen molar-refractivity contribution in [1.82, 2.24) is 14.5 Å². The van der Waals surface area contributed by atoms with Crippen molar-refractivity contribution in [3.63, 3.8) is 0 Å². The molecule has 2 aromatic carbocycles. The van der Waals surface area contributed by atoms with Crippen molar-refractivity contribution in [1.29, 1.82) is 0 Å². The minimum atomic E-state index is -0.293. The number of nitrogens with zero attached hydrogens (tertiary/aromatic N) is 3. The van der Waals surface area contributed by atoms with Crippen LogP contribution in [-0.4, -0.2) is 26.9 Å². The highest BCUT2D eigenvalue weighted by molar-refractivity contribution is 5.94. The predicted molar refractivity (Wildman–Crippen MR) is 106 cm³/mol. The molecule has 0 bridgehead atoms. The summed E-state index contributed by atoms with van der Waals surface area (Å²) in [6.07, 6.45) is 2.88. The zero-order chi connectivity index (χ0) is 19.2. The first-order valence-corrected chi connectivity index (χ1v) is 9.63. The Labute approximate surface area is 159 Å². The maximum atomic E-state index is 13.6. The fourth-order valence-electron chi connectivity index (χ4n) is 3.28. The third kappa shape index (κ3) is 4.35. The van der Waals surface area contributed by atoms with Gasteiger partial charge in [0.15, 0.2) is 0 Å². The van der Waals surface area contributed by atoms with Crippen LogP contribution in [0.2, 0.25) is 0 Å². The van der Waals surface area contributed by atoms with E-state index in [0.717, 1.165) is 37.1 Å². The molecular weight excluding hydrogens is 341 g/mol. The molecule has 0 aliphatic carbocycles. The molecule has 142 valence electrons. The summed E-state index contributed by atoms with van der Waals surface area (Å²) in [5.41, 5.74) is 2.23. The van der Waals surface area contributed by atoms with Crippen LogP contribution in [-0.2, 0) is 13.1 Å². The Hall–Kier alpha value is -2.69. The van der Waals surface area contributed by atoms with Crippen LogP contribution < -0.4 is 0 Å². The molecule has 0 saturated carbocycles. The Balaban J connectivity index is 1.95. The monoisotopic (exact) mass is 367 g/mol. The molecule has 0 aliphatic heterocycles. The number of hydrogen-bond acceptors (Lipinski definition) is 2. The molecular formula is C22H26FN3O. The van der Waals surface area contributed by atoms with Crippen molar-refractivity contribution in [3.05, 3.63) is 65.7 Å². The highest BCUT2D eigenvalue weighted by Crippen LogP contribution is 2.20. The summed E-state index contributed by atoms with van der Waals surface area (Å²) in [5.74, 6) is 0.515. The van der Waals surface area contributed by atoms with E-state index in [0.29, 0.717) is 24.2 Å². The van der Waals surface area contributed by atoms with Crippen LogP contribution in [0.1, 0.15) is 49.3 Å². The summed E-state index contributed by atoms with van der Waals surface area (Å²) in [5, 5.41) is 0. The number of aryl methyl sites for hydroxylation is 1. The Bertz CT molecular complexity index is 905. The van der Waals surface area contributed by atoms with Crippen molar-refractivity contribution in [2.24, 2.45) is 0 Å². The molecule has 1 amide bonds. The SMILES string of the molecule is CCCCN(Cc1nc2cc(F)ccc2n1CCC)C(=O)c1ccccc1. The second-order valence-corrected chi connectivity index (χ2v) is 6.76. The van der Waals surface area contributed by atoms with Crippen molar-refractivity contribution in [2.75, 3.05) is 6.54 Å². The number of carbonyl (C=O) groups excluding carboxylic acids is 1. The first-order chi connectivity index (χ1) is 13.1. The van der Waals surface area contributed by atoms with Crippen molar-refractivity contribution >= 4 is 16.9 Å². The van der Waals surface area contributed by atoms with E-state index in [4.69, 9.17) is 0 Å². The van der Waals surface area contributed by atoms with Gasteiger partial charge in [-0.05, 0) is 37.1 Å². The van der Waals surface area contributed by atoms with Gasteiger partial charge in [0.1, 0.15) is 11.6 Å². The minimum absolute atomic E-state index is 0.00494. The maximum absolute atomic E-state index is 13.6. The number of amides is 1. The molecule has 27 heavy (non-hydrogen) atoms. The molecule has 0 radical (unpaired) electrons. The average molecular weight is 367 g/mol. The third-order valence-corrected chi connectivity index (χ3v) is 4.66. The molecule has 1 heterocycles. The average Bonchev–Trinajstić information content (AvgIpc) is 3.01. The van der Waals surface area contributed by atoms with Crippen LogP contribution in [0.25, 0.3) is 11.0 Å². The second-order valence-electron chi connectivity index (χ2n) is 6.76. The second kappa shape index (κ2) is 8.80. The van der Waals surface area contributed by atoms with Crippen LogP contribution in [0.15, 0.2) is 48.5 Å². The summed E-state index contributed by atoms with van der Waals surface area (Å²) < 4.78 is 15.7. The molecule has 0 saturated heterocycles. The summed E-state index contributed by atoms with van der Waals surface area (Å²) >= 11 is 0. The first-order valence-electron chi connectivity index (χ1n) is 9.63. The Morgan fingerprint density at radius 2 is 1.89 bits per heavy atom. The standard InChI is InChI=1S/C22H26FN3O/c1-3-5-14-25(22(27)17-9-7-6-8-10-17)16-21-24-19-15-18(23)11-12-20(19)26(21)13-4-2/h6-12,15H,3-5,13-14,16H2,1-2H3. The smallest absolute Gasteiger partial charge is 0.254 e. The summed E-state index contributed by atoms with van der Waals surface area (Å²) in [6, 6.07) is 14.0. The topological polar surface area (TPSA) is 38.1 Å². The maximum Gasteiger partial charge on any atom is 0.254 e. The number of rotatable bonds is 8. The number of aromatic nitrogens is 2. The van der Waals surface area contributed by atoms with Gasteiger partial charge in [0.05, 0.1) is 17.6 Å². The van der Waals surface area contributed by atoms with Gasteiger partial charge < -0.3 is 9.47 Å². The van der Waals surface area contributed by atoms with E-state index in [-0.39, 0.29) is 11.7 Å². The van der Waals surface area contributed by atoms with E-state index in [1.807, 2.05) is 35.2 Å². The van der Waals surface area contributed by atoms with Gasteiger partial charge in [-0.1, -0.05) is 38.5 Å². The highest BCUT2D eigenvalue weighted by Gasteiger charge is 2.19. The Morgan fingerprint density at radius 3 is 2.59 bits per heavy atom. The summed E-state index contributed by atoms with van der Waals surface area (Å²) in [4.78, 5) is 19.5. The zero-order valence-corrected chi connectivity index (χ0v) is 16.0. The van der Waals surface area contributed by atoms with Crippen LogP contribution >= 0.6 is 0 Å². The predicted octanol–water partition coefficient (Wildman–Crippen LogP) is 5.03. The van der Waals surface area contributed by atoms with Gasteiger partial charge in [-0.25, -0.2) is 9.37 Å². The van der Waals surface area contributed by atoms with E-state index >= 15 is 0 Å². The van der Waals surface area contributed by atoms with Gasteiger partial charge in [-0.3, -0.25) is 4.79 Å². The molecule has 0 spiro atoms. The summed E-state index contributed by atoms with van der Waals surface area (Å²) in [7, 11) is 0. The molecule has 0 unspecified atom stereocenters. The first kappa shape index (κ1) is 19.1. The van der Waals surface area contributed by atoms with Gasteiger partial charge >= 0.3 is 0 Å². The van der Waals surface area contributed by atoms with Crippen molar-refractivity contribution < 1.29 is 9.18 Å². The highest BCUT2D eigenvalue weighted by atomic mass is 19.1. The molecule has 3 aromatic rings. The lowest BCUT2D eigenvalue weighted by molar-refractivity contribution is 0.0735. The Morgan fingerprint density at radius 1 is 1.11 bits per heavy atom. The number of benzene rings is 2. The van der Waals surface area contributed by atoms with E-state index in [1.54, 1.807) is 6.07 Å². The molecule has 4 nitrogen and oxygen atoms in total.